The van der Waals surface area contributed by atoms with Crippen LogP contribution < -0.4 is 10.2 Å². The number of carbonyl (C=O) groups excluding carboxylic acids is 1. The van der Waals surface area contributed by atoms with Gasteiger partial charge in [0.25, 0.3) is 5.91 Å². The van der Waals surface area contributed by atoms with E-state index in [4.69, 9.17) is 0 Å². The van der Waals surface area contributed by atoms with Crippen LogP contribution in [0.2, 0.25) is 0 Å². The van der Waals surface area contributed by atoms with E-state index in [1.54, 1.807) is 18.6 Å². The summed E-state index contributed by atoms with van der Waals surface area (Å²) in [6.45, 7) is 6.76. The Morgan fingerprint density at radius 2 is 1.78 bits per heavy atom. The number of amides is 1. The van der Waals surface area contributed by atoms with Crippen LogP contribution in [0.1, 0.15) is 42.7 Å². The van der Waals surface area contributed by atoms with Crippen molar-refractivity contribution in [1.29, 1.82) is 0 Å². The molecule has 2 rings (SSSR count). The van der Waals surface area contributed by atoms with Gasteiger partial charge >= 0.3 is 0 Å². The van der Waals surface area contributed by atoms with Crippen molar-refractivity contribution in [3.63, 3.8) is 0 Å². The zero-order valence-electron chi connectivity index (χ0n) is 13.8. The summed E-state index contributed by atoms with van der Waals surface area (Å²) in [4.78, 5) is 22.8. The van der Waals surface area contributed by atoms with E-state index in [-0.39, 0.29) is 5.91 Å². The highest BCUT2D eigenvalue weighted by Crippen LogP contribution is 2.15. The van der Waals surface area contributed by atoms with Crippen LogP contribution in [0.4, 0.5) is 5.69 Å². The van der Waals surface area contributed by atoms with E-state index >= 15 is 0 Å². The molecular formula is C18H24N4O. The number of hydrogen-bond donors (Lipinski definition) is 1. The first-order chi connectivity index (χ1) is 11.2. The molecule has 0 aliphatic rings. The maximum absolute atomic E-state index is 12.3. The highest BCUT2D eigenvalue weighted by Gasteiger charge is 2.11. The van der Waals surface area contributed by atoms with Crippen LogP contribution in [0, 0.1) is 0 Å². The molecule has 0 unspecified atom stereocenters. The molecule has 0 aliphatic heterocycles. The van der Waals surface area contributed by atoms with E-state index in [2.05, 4.69) is 34.0 Å². The molecule has 2 heterocycles. The van der Waals surface area contributed by atoms with Crippen molar-refractivity contribution >= 4 is 11.6 Å². The number of anilines is 1. The van der Waals surface area contributed by atoms with Crippen molar-refractivity contribution in [3.05, 3.63) is 54.1 Å². The molecule has 0 saturated heterocycles. The van der Waals surface area contributed by atoms with Crippen LogP contribution in [0.15, 0.2) is 42.9 Å². The van der Waals surface area contributed by atoms with Gasteiger partial charge in [-0.25, -0.2) is 0 Å². The standard InChI is InChI=1S/C18H24N4O/c1-3-11-22(12-4-2)16-7-10-20-17(13-16)18(23)21-14-15-5-8-19-9-6-15/h5-10,13H,3-4,11-12,14H2,1-2H3,(H,21,23). The molecule has 0 bridgehead atoms. The van der Waals surface area contributed by atoms with Crippen molar-refractivity contribution in [3.8, 4) is 0 Å². The summed E-state index contributed by atoms with van der Waals surface area (Å²) in [5.41, 5.74) is 2.52. The summed E-state index contributed by atoms with van der Waals surface area (Å²) in [5.74, 6) is -0.156. The molecule has 0 atom stereocenters. The summed E-state index contributed by atoms with van der Waals surface area (Å²) in [7, 11) is 0. The molecule has 0 spiro atoms. The molecule has 0 saturated carbocycles. The minimum absolute atomic E-state index is 0.156. The average Bonchev–Trinajstić information content (AvgIpc) is 2.60. The van der Waals surface area contributed by atoms with Crippen molar-refractivity contribution in [2.24, 2.45) is 0 Å². The summed E-state index contributed by atoms with van der Waals surface area (Å²) in [6.07, 6.45) is 7.29. The summed E-state index contributed by atoms with van der Waals surface area (Å²) in [6, 6.07) is 7.60. The molecule has 5 nitrogen and oxygen atoms in total. The minimum atomic E-state index is -0.156. The Morgan fingerprint density at radius 3 is 2.43 bits per heavy atom. The third-order valence-corrected chi connectivity index (χ3v) is 3.53. The normalized spacial score (nSPS) is 10.3. The van der Waals surface area contributed by atoms with Gasteiger partial charge < -0.3 is 10.2 Å². The van der Waals surface area contributed by atoms with Gasteiger partial charge in [-0.05, 0) is 42.7 Å². The Labute approximate surface area is 137 Å². The zero-order chi connectivity index (χ0) is 16.5. The van der Waals surface area contributed by atoms with Crippen molar-refractivity contribution in [2.45, 2.75) is 33.2 Å². The SMILES string of the molecule is CCCN(CCC)c1ccnc(C(=O)NCc2ccncc2)c1. The quantitative estimate of drug-likeness (QED) is 0.814. The fourth-order valence-corrected chi connectivity index (χ4v) is 2.42. The van der Waals surface area contributed by atoms with E-state index < -0.39 is 0 Å². The van der Waals surface area contributed by atoms with Crippen molar-refractivity contribution in [1.82, 2.24) is 15.3 Å². The van der Waals surface area contributed by atoms with Crippen LogP contribution in [-0.4, -0.2) is 29.0 Å². The molecule has 1 N–H and O–H groups in total. The highest BCUT2D eigenvalue weighted by atomic mass is 16.1. The maximum atomic E-state index is 12.3. The Hall–Kier alpha value is -2.43. The van der Waals surface area contributed by atoms with Gasteiger partial charge in [0, 0.05) is 43.9 Å². The van der Waals surface area contributed by atoms with Gasteiger partial charge in [-0.1, -0.05) is 13.8 Å². The van der Waals surface area contributed by atoms with Gasteiger partial charge in [-0.3, -0.25) is 14.8 Å². The topological polar surface area (TPSA) is 58.1 Å². The Kier molecular flexibility index (Phi) is 6.54. The predicted octanol–water partition coefficient (Wildman–Crippen LogP) is 3.03. The second kappa shape index (κ2) is 8.88. The van der Waals surface area contributed by atoms with Gasteiger partial charge in [-0.15, -0.1) is 0 Å². The summed E-state index contributed by atoms with van der Waals surface area (Å²) in [5, 5.41) is 2.90. The van der Waals surface area contributed by atoms with Gasteiger partial charge in [0.2, 0.25) is 0 Å². The molecule has 1 amide bonds. The smallest absolute Gasteiger partial charge is 0.270 e. The molecule has 2 aromatic rings. The molecule has 0 radical (unpaired) electrons. The molecule has 2 aromatic heterocycles. The zero-order valence-corrected chi connectivity index (χ0v) is 13.8. The first kappa shape index (κ1) is 16.9. The molecular weight excluding hydrogens is 288 g/mol. The molecule has 0 aromatic carbocycles. The first-order valence-corrected chi connectivity index (χ1v) is 8.12. The number of hydrogen-bond acceptors (Lipinski definition) is 4. The summed E-state index contributed by atoms with van der Waals surface area (Å²) >= 11 is 0. The van der Waals surface area contributed by atoms with Gasteiger partial charge in [0.05, 0.1) is 0 Å². The number of rotatable bonds is 8. The van der Waals surface area contributed by atoms with Crippen LogP contribution in [0.5, 0.6) is 0 Å². The van der Waals surface area contributed by atoms with Crippen LogP contribution in [0.3, 0.4) is 0 Å². The van der Waals surface area contributed by atoms with E-state index in [0.717, 1.165) is 37.2 Å². The van der Waals surface area contributed by atoms with E-state index in [9.17, 15) is 4.79 Å². The number of pyridine rings is 2. The fourth-order valence-electron chi connectivity index (χ4n) is 2.42. The number of carbonyl (C=O) groups is 1. The van der Waals surface area contributed by atoms with E-state index in [0.29, 0.717) is 12.2 Å². The summed E-state index contributed by atoms with van der Waals surface area (Å²) < 4.78 is 0. The second-order valence-corrected chi connectivity index (χ2v) is 5.42. The maximum Gasteiger partial charge on any atom is 0.270 e. The monoisotopic (exact) mass is 312 g/mol. The van der Waals surface area contributed by atoms with Gasteiger partial charge in [0.1, 0.15) is 5.69 Å². The number of nitrogens with zero attached hydrogens (tertiary/aromatic N) is 3. The average molecular weight is 312 g/mol. The molecule has 0 fully saturated rings. The van der Waals surface area contributed by atoms with Gasteiger partial charge in [0.15, 0.2) is 0 Å². The Balaban J connectivity index is 2.04. The number of nitrogens with one attached hydrogen (secondary N) is 1. The Morgan fingerprint density at radius 1 is 1.09 bits per heavy atom. The lowest BCUT2D eigenvalue weighted by Crippen LogP contribution is -2.27. The van der Waals surface area contributed by atoms with Crippen LogP contribution in [0.25, 0.3) is 0 Å². The van der Waals surface area contributed by atoms with Gasteiger partial charge in [-0.2, -0.15) is 0 Å². The van der Waals surface area contributed by atoms with E-state index in [1.165, 1.54) is 0 Å². The number of aromatic nitrogens is 2. The molecule has 23 heavy (non-hydrogen) atoms. The van der Waals surface area contributed by atoms with Crippen LogP contribution in [-0.2, 0) is 6.54 Å². The van der Waals surface area contributed by atoms with E-state index in [1.807, 2.05) is 24.3 Å². The lowest BCUT2D eigenvalue weighted by Gasteiger charge is -2.23. The first-order valence-electron chi connectivity index (χ1n) is 8.12. The second-order valence-electron chi connectivity index (χ2n) is 5.42. The fraction of sp³-hybridized carbons (Fsp3) is 0.389. The lowest BCUT2D eigenvalue weighted by molar-refractivity contribution is 0.0946. The van der Waals surface area contributed by atoms with Crippen LogP contribution >= 0.6 is 0 Å². The molecule has 5 heteroatoms. The minimum Gasteiger partial charge on any atom is -0.371 e. The third-order valence-electron chi connectivity index (χ3n) is 3.53. The van der Waals surface area contributed by atoms with Crippen molar-refractivity contribution < 1.29 is 4.79 Å². The van der Waals surface area contributed by atoms with Crippen molar-refractivity contribution in [2.75, 3.05) is 18.0 Å². The predicted molar refractivity (Wildman–Crippen MR) is 92.4 cm³/mol. The Bertz CT molecular complexity index is 609. The largest absolute Gasteiger partial charge is 0.371 e. The lowest BCUT2D eigenvalue weighted by atomic mass is 10.2. The third kappa shape index (κ3) is 5.06. The molecule has 122 valence electrons. The molecule has 0 aliphatic carbocycles. The highest BCUT2D eigenvalue weighted by molar-refractivity contribution is 5.93.